The number of ether oxygens (including phenoxy) is 2. The molecular weight excluding hydrogens is 292 g/mol. The standard InChI is InChI=1S/C19H18O4/c1-12-17(13-6-4-8-15(10-13)22-2)18(20)19(12,21)14-7-5-9-16(11-14)23-3/h4-11,21H,1-3H3. The number of carbonyl (C=O) groups is 1. The number of ketones is 1. The van der Waals surface area contributed by atoms with Crippen LogP contribution >= 0.6 is 0 Å². The summed E-state index contributed by atoms with van der Waals surface area (Å²) in [4.78, 5) is 12.7. The molecule has 3 rings (SSSR count). The zero-order chi connectivity index (χ0) is 16.6. The van der Waals surface area contributed by atoms with E-state index in [0.29, 0.717) is 28.2 Å². The van der Waals surface area contributed by atoms with Gasteiger partial charge in [0.15, 0.2) is 5.60 Å². The Morgan fingerprint density at radius 1 is 0.957 bits per heavy atom. The molecule has 0 radical (unpaired) electrons. The van der Waals surface area contributed by atoms with Crippen LogP contribution in [0.1, 0.15) is 18.1 Å². The van der Waals surface area contributed by atoms with Crippen molar-refractivity contribution in [2.75, 3.05) is 14.2 Å². The Morgan fingerprint density at radius 3 is 2.17 bits per heavy atom. The number of hydrogen-bond donors (Lipinski definition) is 1. The van der Waals surface area contributed by atoms with Crippen molar-refractivity contribution in [2.45, 2.75) is 12.5 Å². The molecule has 1 unspecified atom stereocenters. The van der Waals surface area contributed by atoms with E-state index in [1.165, 1.54) is 0 Å². The summed E-state index contributed by atoms with van der Waals surface area (Å²) in [6.07, 6.45) is 0. The number of methoxy groups -OCH3 is 2. The van der Waals surface area contributed by atoms with Crippen molar-refractivity contribution in [3.05, 3.63) is 65.2 Å². The lowest BCUT2D eigenvalue weighted by Crippen LogP contribution is -2.46. The second kappa shape index (κ2) is 5.56. The van der Waals surface area contributed by atoms with E-state index in [1.807, 2.05) is 18.2 Å². The molecule has 1 N–H and O–H groups in total. The minimum absolute atomic E-state index is 0.309. The topological polar surface area (TPSA) is 55.8 Å². The molecule has 2 aromatic rings. The second-order valence-electron chi connectivity index (χ2n) is 5.50. The highest BCUT2D eigenvalue weighted by molar-refractivity contribution is 6.34. The molecule has 1 aliphatic rings. The molecule has 118 valence electrons. The van der Waals surface area contributed by atoms with Crippen LogP contribution in [0.2, 0.25) is 0 Å². The van der Waals surface area contributed by atoms with E-state index < -0.39 is 5.60 Å². The highest BCUT2D eigenvalue weighted by atomic mass is 16.5. The largest absolute Gasteiger partial charge is 0.497 e. The molecule has 23 heavy (non-hydrogen) atoms. The molecule has 0 bridgehead atoms. The molecule has 2 aromatic carbocycles. The molecule has 0 saturated carbocycles. The van der Waals surface area contributed by atoms with Gasteiger partial charge in [-0.3, -0.25) is 4.79 Å². The molecule has 1 aliphatic carbocycles. The van der Waals surface area contributed by atoms with Gasteiger partial charge in [-0.2, -0.15) is 0 Å². The van der Waals surface area contributed by atoms with Crippen LogP contribution in [0.3, 0.4) is 0 Å². The van der Waals surface area contributed by atoms with Crippen LogP contribution in [-0.2, 0) is 10.4 Å². The van der Waals surface area contributed by atoms with Gasteiger partial charge in [-0.05, 0) is 47.9 Å². The van der Waals surface area contributed by atoms with Gasteiger partial charge in [0.25, 0.3) is 0 Å². The smallest absolute Gasteiger partial charge is 0.203 e. The van der Waals surface area contributed by atoms with Gasteiger partial charge in [0.05, 0.1) is 14.2 Å². The maximum Gasteiger partial charge on any atom is 0.203 e. The van der Waals surface area contributed by atoms with Crippen LogP contribution in [0.25, 0.3) is 5.57 Å². The second-order valence-corrected chi connectivity index (χ2v) is 5.50. The van der Waals surface area contributed by atoms with Gasteiger partial charge >= 0.3 is 0 Å². The molecule has 0 spiro atoms. The Balaban J connectivity index is 2.07. The quantitative estimate of drug-likeness (QED) is 0.943. The van der Waals surface area contributed by atoms with Gasteiger partial charge in [-0.1, -0.05) is 24.3 Å². The van der Waals surface area contributed by atoms with Gasteiger partial charge < -0.3 is 14.6 Å². The third-order valence-corrected chi connectivity index (χ3v) is 4.32. The first-order valence-electron chi connectivity index (χ1n) is 7.30. The van der Waals surface area contributed by atoms with E-state index in [-0.39, 0.29) is 5.78 Å². The Kier molecular flexibility index (Phi) is 3.70. The fraction of sp³-hybridized carbons (Fsp3) is 0.211. The van der Waals surface area contributed by atoms with E-state index >= 15 is 0 Å². The van der Waals surface area contributed by atoms with Crippen molar-refractivity contribution in [2.24, 2.45) is 0 Å². The maximum atomic E-state index is 12.7. The van der Waals surface area contributed by atoms with Crippen LogP contribution in [0.4, 0.5) is 0 Å². The van der Waals surface area contributed by atoms with Gasteiger partial charge in [-0.25, -0.2) is 0 Å². The van der Waals surface area contributed by atoms with Crippen molar-refractivity contribution in [3.63, 3.8) is 0 Å². The Bertz CT molecular complexity index is 807. The van der Waals surface area contributed by atoms with Gasteiger partial charge in [0.1, 0.15) is 11.5 Å². The first-order valence-corrected chi connectivity index (χ1v) is 7.30. The number of hydrogen-bond acceptors (Lipinski definition) is 4. The summed E-state index contributed by atoms with van der Waals surface area (Å²) in [6.45, 7) is 1.77. The summed E-state index contributed by atoms with van der Waals surface area (Å²) < 4.78 is 10.4. The van der Waals surface area contributed by atoms with Crippen molar-refractivity contribution in [3.8, 4) is 11.5 Å². The minimum atomic E-state index is -1.59. The van der Waals surface area contributed by atoms with E-state index in [0.717, 1.165) is 5.56 Å². The van der Waals surface area contributed by atoms with Crippen LogP contribution < -0.4 is 9.47 Å². The Labute approximate surface area is 135 Å². The zero-order valence-electron chi connectivity index (χ0n) is 13.3. The molecule has 0 amide bonds. The van der Waals surface area contributed by atoms with E-state index in [1.54, 1.807) is 51.5 Å². The summed E-state index contributed by atoms with van der Waals surface area (Å²) in [5.74, 6) is 0.968. The summed E-state index contributed by atoms with van der Waals surface area (Å²) in [6, 6.07) is 14.2. The first kappa shape index (κ1) is 15.3. The van der Waals surface area contributed by atoms with E-state index in [2.05, 4.69) is 0 Å². The summed E-state index contributed by atoms with van der Waals surface area (Å²) in [5.41, 5.74) is 0.844. The number of rotatable bonds is 4. The molecule has 0 saturated heterocycles. The number of carbonyl (C=O) groups excluding carboxylic acids is 1. The SMILES string of the molecule is COc1cccc(C2=C(C)C(O)(c3cccc(OC)c3)C2=O)c1. The fourth-order valence-electron chi connectivity index (χ4n) is 2.96. The predicted octanol–water partition coefficient (Wildman–Crippen LogP) is 2.95. The normalized spacial score (nSPS) is 20.3. The Hall–Kier alpha value is -2.59. The average molecular weight is 310 g/mol. The summed E-state index contributed by atoms with van der Waals surface area (Å²) >= 11 is 0. The lowest BCUT2D eigenvalue weighted by molar-refractivity contribution is -0.131. The molecular formula is C19H18O4. The molecule has 0 fully saturated rings. The van der Waals surface area contributed by atoms with Crippen LogP contribution in [0, 0.1) is 0 Å². The molecule has 4 nitrogen and oxygen atoms in total. The monoisotopic (exact) mass is 310 g/mol. The molecule has 0 heterocycles. The number of Topliss-reactive ketones (excluding diaryl/α,β-unsaturated/α-hetero) is 1. The van der Waals surface area contributed by atoms with Crippen molar-refractivity contribution >= 4 is 11.4 Å². The van der Waals surface area contributed by atoms with Crippen LogP contribution in [0.5, 0.6) is 11.5 Å². The molecule has 0 aliphatic heterocycles. The highest BCUT2D eigenvalue weighted by Crippen LogP contribution is 2.48. The van der Waals surface area contributed by atoms with Crippen LogP contribution in [0.15, 0.2) is 54.1 Å². The summed E-state index contributed by atoms with van der Waals surface area (Å²) in [5, 5.41) is 10.9. The molecule has 1 atom stereocenters. The Morgan fingerprint density at radius 2 is 1.57 bits per heavy atom. The van der Waals surface area contributed by atoms with E-state index in [4.69, 9.17) is 9.47 Å². The average Bonchev–Trinajstić information content (AvgIpc) is 2.61. The fourth-order valence-corrected chi connectivity index (χ4v) is 2.96. The third kappa shape index (κ3) is 2.23. The lowest BCUT2D eigenvalue weighted by Gasteiger charge is -2.39. The minimum Gasteiger partial charge on any atom is -0.497 e. The van der Waals surface area contributed by atoms with Crippen molar-refractivity contribution < 1.29 is 19.4 Å². The lowest BCUT2D eigenvalue weighted by atomic mass is 9.67. The summed E-state index contributed by atoms with van der Waals surface area (Å²) in [7, 11) is 3.13. The van der Waals surface area contributed by atoms with Gasteiger partial charge in [0, 0.05) is 5.57 Å². The van der Waals surface area contributed by atoms with Crippen LogP contribution in [-0.4, -0.2) is 25.1 Å². The predicted molar refractivity (Wildman–Crippen MR) is 87.5 cm³/mol. The third-order valence-electron chi connectivity index (χ3n) is 4.32. The van der Waals surface area contributed by atoms with Crippen molar-refractivity contribution in [1.82, 2.24) is 0 Å². The van der Waals surface area contributed by atoms with Crippen molar-refractivity contribution in [1.29, 1.82) is 0 Å². The first-order chi connectivity index (χ1) is 11.0. The maximum absolute atomic E-state index is 12.7. The van der Waals surface area contributed by atoms with Gasteiger partial charge in [-0.15, -0.1) is 0 Å². The van der Waals surface area contributed by atoms with E-state index in [9.17, 15) is 9.90 Å². The molecule has 0 aromatic heterocycles. The zero-order valence-corrected chi connectivity index (χ0v) is 13.3. The van der Waals surface area contributed by atoms with Gasteiger partial charge in [0.2, 0.25) is 5.78 Å². The molecule has 4 heteroatoms. The number of benzene rings is 2. The highest BCUT2D eigenvalue weighted by Gasteiger charge is 2.51. The number of aliphatic hydroxyl groups is 1.